The number of anilines is 1. The van der Waals surface area contributed by atoms with Crippen LogP contribution in [0.5, 0.6) is 0 Å². The van der Waals surface area contributed by atoms with Crippen molar-refractivity contribution in [1.29, 1.82) is 0 Å². The molecular weight excluding hydrogens is 319 g/mol. The molecule has 1 saturated heterocycles. The number of piperidine rings is 1. The molecule has 4 rings (SSSR count). The Hall–Kier alpha value is -2.89. The first-order chi connectivity index (χ1) is 12.1. The molecule has 3 N–H and O–H groups in total. The van der Waals surface area contributed by atoms with Gasteiger partial charge in [-0.15, -0.1) is 0 Å². The van der Waals surface area contributed by atoms with Crippen LogP contribution in [0.1, 0.15) is 41.2 Å². The number of nitrogen functional groups attached to an aromatic ring is 1. The zero-order chi connectivity index (χ0) is 17.4. The zero-order valence-electron chi connectivity index (χ0n) is 13.7. The minimum absolute atomic E-state index is 0.0285. The summed E-state index contributed by atoms with van der Waals surface area (Å²) in [5.74, 6) is 0.0909. The molecule has 6 heteroatoms. The molecule has 0 aliphatic carbocycles. The van der Waals surface area contributed by atoms with Gasteiger partial charge in [0, 0.05) is 17.5 Å². The van der Waals surface area contributed by atoms with E-state index in [4.69, 9.17) is 5.73 Å². The minimum Gasteiger partial charge on any atom is -0.382 e. The highest BCUT2D eigenvalue weighted by atomic mass is 19.1. The summed E-state index contributed by atoms with van der Waals surface area (Å²) in [4.78, 5) is 15.0. The number of rotatable bonds is 2. The molecule has 0 radical (unpaired) electrons. The molecule has 0 bridgehead atoms. The summed E-state index contributed by atoms with van der Waals surface area (Å²) in [6.07, 6.45) is 2.91. The molecule has 1 aromatic heterocycles. The predicted octanol–water partition coefficient (Wildman–Crippen LogP) is 3.65. The summed E-state index contributed by atoms with van der Waals surface area (Å²) in [6, 6.07) is 11.8. The van der Waals surface area contributed by atoms with E-state index in [1.54, 1.807) is 24.3 Å². The van der Waals surface area contributed by atoms with E-state index in [0.717, 1.165) is 35.7 Å². The van der Waals surface area contributed by atoms with Crippen molar-refractivity contribution in [3.63, 3.8) is 0 Å². The Balaban J connectivity index is 1.67. The monoisotopic (exact) mass is 338 g/mol. The highest BCUT2D eigenvalue weighted by molar-refractivity contribution is 6.00. The van der Waals surface area contributed by atoms with Crippen molar-refractivity contribution in [2.75, 3.05) is 12.3 Å². The largest absolute Gasteiger partial charge is 0.382 e. The Labute approximate surface area is 144 Å². The summed E-state index contributed by atoms with van der Waals surface area (Å²) in [6.45, 7) is 0.694. The molecular formula is C19H19FN4O. The molecule has 0 saturated carbocycles. The summed E-state index contributed by atoms with van der Waals surface area (Å²) in [5.41, 5.74) is 8.22. The molecule has 5 nitrogen and oxygen atoms in total. The number of aromatic amines is 1. The van der Waals surface area contributed by atoms with E-state index in [2.05, 4.69) is 10.2 Å². The first kappa shape index (κ1) is 15.6. The number of fused-ring (bicyclic) bond motifs is 1. The molecule has 1 fully saturated rings. The fourth-order valence-electron chi connectivity index (χ4n) is 3.54. The van der Waals surface area contributed by atoms with E-state index in [-0.39, 0.29) is 17.8 Å². The highest BCUT2D eigenvalue weighted by Crippen LogP contribution is 2.32. The average molecular weight is 338 g/mol. The Morgan fingerprint density at radius 2 is 2.00 bits per heavy atom. The number of H-pyrrole nitrogens is 1. The normalized spacial score (nSPS) is 17.8. The van der Waals surface area contributed by atoms with E-state index < -0.39 is 0 Å². The van der Waals surface area contributed by atoms with Gasteiger partial charge in [-0.25, -0.2) is 4.39 Å². The lowest BCUT2D eigenvalue weighted by atomic mass is 9.94. The lowest BCUT2D eigenvalue weighted by Gasteiger charge is -2.36. The lowest BCUT2D eigenvalue weighted by molar-refractivity contribution is 0.0611. The van der Waals surface area contributed by atoms with Crippen LogP contribution in [0.15, 0.2) is 42.5 Å². The third-order valence-electron chi connectivity index (χ3n) is 4.86. The molecule has 1 atom stereocenters. The van der Waals surface area contributed by atoms with Crippen molar-refractivity contribution in [1.82, 2.24) is 15.1 Å². The van der Waals surface area contributed by atoms with Crippen molar-refractivity contribution in [3.8, 4) is 0 Å². The average Bonchev–Trinajstić information content (AvgIpc) is 3.02. The van der Waals surface area contributed by atoms with Gasteiger partial charge in [0.05, 0.1) is 11.6 Å². The lowest BCUT2D eigenvalue weighted by Crippen LogP contribution is -2.38. The molecule has 3 aromatic rings. The topological polar surface area (TPSA) is 75.0 Å². The number of benzene rings is 2. The van der Waals surface area contributed by atoms with E-state index in [0.29, 0.717) is 17.9 Å². The van der Waals surface area contributed by atoms with Gasteiger partial charge < -0.3 is 10.6 Å². The van der Waals surface area contributed by atoms with Crippen LogP contribution in [-0.4, -0.2) is 27.5 Å². The number of carbonyl (C=O) groups is 1. The molecule has 0 spiro atoms. The SMILES string of the molecule is Nc1n[nH]c2ccc(C(=O)N3CCCC[C@@H]3c3ccc(F)cc3)cc12. The number of nitrogens with zero attached hydrogens (tertiary/aromatic N) is 2. The van der Waals surface area contributed by atoms with Crippen LogP contribution in [-0.2, 0) is 0 Å². The number of aromatic nitrogens is 2. The zero-order valence-corrected chi connectivity index (χ0v) is 13.7. The number of carbonyl (C=O) groups excluding carboxylic acids is 1. The number of halogens is 1. The van der Waals surface area contributed by atoms with Gasteiger partial charge in [-0.05, 0) is 55.2 Å². The van der Waals surface area contributed by atoms with Crippen molar-refractivity contribution in [2.24, 2.45) is 0 Å². The highest BCUT2D eigenvalue weighted by Gasteiger charge is 2.29. The van der Waals surface area contributed by atoms with Gasteiger partial charge >= 0.3 is 0 Å². The third kappa shape index (κ3) is 2.84. The van der Waals surface area contributed by atoms with Crippen LogP contribution >= 0.6 is 0 Å². The summed E-state index contributed by atoms with van der Waals surface area (Å²) < 4.78 is 13.2. The fourth-order valence-corrected chi connectivity index (χ4v) is 3.54. The summed E-state index contributed by atoms with van der Waals surface area (Å²) in [5, 5.41) is 7.56. The van der Waals surface area contributed by atoms with E-state index in [1.807, 2.05) is 11.0 Å². The summed E-state index contributed by atoms with van der Waals surface area (Å²) >= 11 is 0. The molecule has 2 aromatic carbocycles. The van der Waals surface area contributed by atoms with Gasteiger partial charge in [0.1, 0.15) is 5.82 Å². The Morgan fingerprint density at radius 1 is 1.20 bits per heavy atom. The van der Waals surface area contributed by atoms with Crippen LogP contribution in [0.25, 0.3) is 10.9 Å². The van der Waals surface area contributed by atoms with Gasteiger partial charge in [-0.3, -0.25) is 9.89 Å². The maximum absolute atomic E-state index is 13.2. The molecule has 1 aliphatic heterocycles. The van der Waals surface area contributed by atoms with Gasteiger partial charge in [0.15, 0.2) is 5.82 Å². The van der Waals surface area contributed by atoms with Crippen LogP contribution in [0, 0.1) is 5.82 Å². The van der Waals surface area contributed by atoms with Gasteiger partial charge in [0.25, 0.3) is 5.91 Å². The van der Waals surface area contributed by atoms with Crippen LogP contribution in [0.4, 0.5) is 10.2 Å². The van der Waals surface area contributed by atoms with Crippen LogP contribution in [0.2, 0.25) is 0 Å². The molecule has 0 unspecified atom stereocenters. The maximum atomic E-state index is 13.2. The summed E-state index contributed by atoms with van der Waals surface area (Å²) in [7, 11) is 0. The van der Waals surface area contributed by atoms with Crippen molar-refractivity contribution >= 4 is 22.6 Å². The second kappa shape index (κ2) is 6.20. The third-order valence-corrected chi connectivity index (χ3v) is 4.86. The van der Waals surface area contributed by atoms with E-state index >= 15 is 0 Å². The smallest absolute Gasteiger partial charge is 0.254 e. The van der Waals surface area contributed by atoms with Crippen LogP contribution in [0.3, 0.4) is 0 Å². The molecule has 128 valence electrons. The quantitative estimate of drug-likeness (QED) is 0.749. The number of hydrogen-bond donors (Lipinski definition) is 2. The van der Waals surface area contributed by atoms with Crippen molar-refractivity contribution < 1.29 is 9.18 Å². The van der Waals surface area contributed by atoms with Crippen molar-refractivity contribution in [3.05, 3.63) is 59.4 Å². The maximum Gasteiger partial charge on any atom is 0.254 e. The van der Waals surface area contributed by atoms with Crippen molar-refractivity contribution in [2.45, 2.75) is 25.3 Å². The minimum atomic E-state index is -0.265. The molecule has 25 heavy (non-hydrogen) atoms. The van der Waals surface area contributed by atoms with E-state index in [9.17, 15) is 9.18 Å². The molecule has 2 heterocycles. The Kier molecular flexibility index (Phi) is 3.87. The first-order valence-corrected chi connectivity index (χ1v) is 8.43. The number of amides is 1. The molecule has 1 amide bonds. The Bertz CT molecular complexity index is 919. The first-order valence-electron chi connectivity index (χ1n) is 8.43. The second-order valence-corrected chi connectivity index (χ2v) is 6.43. The van der Waals surface area contributed by atoms with Gasteiger partial charge in [-0.2, -0.15) is 5.10 Å². The van der Waals surface area contributed by atoms with Crippen LogP contribution < -0.4 is 5.73 Å². The second-order valence-electron chi connectivity index (χ2n) is 6.43. The standard InChI is InChI=1S/C19H19FN4O/c20-14-7-4-12(5-8-14)17-3-1-2-10-24(17)19(25)13-6-9-16-15(11-13)18(21)23-22-16/h4-9,11,17H,1-3,10H2,(H3,21,22,23)/t17-/m1/s1. The Morgan fingerprint density at radius 3 is 2.80 bits per heavy atom. The number of nitrogens with one attached hydrogen (secondary N) is 1. The van der Waals surface area contributed by atoms with Gasteiger partial charge in [0.2, 0.25) is 0 Å². The predicted molar refractivity (Wildman–Crippen MR) is 94.5 cm³/mol. The van der Waals surface area contributed by atoms with Gasteiger partial charge in [-0.1, -0.05) is 12.1 Å². The number of likely N-dealkylation sites (tertiary alicyclic amines) is 1. The fraction of sp³-hybridized carbons (Fsp3) is 0.263. The molecule has 1 aliphatic rings. The number of nitrogens with two attached hydrogens (primary N) is 1. The van der Waals surface area contributed by atoms with E-state index in [1.165, 1.54) is 12.1 Å². The number of hydrogen-bond acceptors (Lipinski definition) is 3.